The molecule has 0 radical (unpaired) electrons. The number of aryl methyl sites for hydroxylation is 2. The lowest BCUT2D eigenvalue weighted by atomic mass is 9.98. The summed E-state index contributed by atoms with van der Waals surface area (Å²) in [6.45, 7) is 5.17. The molecular formula is C24H26N2O2. The second kappa shape index (κ2) is 8.70. The van der Waals surface area contributed by atoms with Gasteiger partial charge in [0.1, 0.15) is 5.69 Å². The number of hydrogen-bond donors (Lipinski definition) is 2. The van der Waals surface area contributed by atoms with E-state index in [4.69, 9.17) is 0 Å². The lowest BCUT2D eigenvalue weighted by molar-refractivity contribution is 0.0929. The van der Waals surface area contributed by atoms with Gasteiger partial charge in [-0.1, -0.05) is 60.7 Å². The highest BCUT2D eigenvalue weighted by atomic mass is 16.2. The van der Waals surface area contributed by atoms with Crippen molar-refractivity contribution in [2.24, 2.45) is 0 Å². The third-order valence-electron chi connectivity index (χ3n) is 5.09. The Labute approximate surface area is 166 Å². The van der Waals surface area contributed by atoms with E-state index in [1.54, 1.807) is 0 Å². The Morgan fingerprint density at radius 2 is 1.57 bits per heavy atom. The van der Waals surface area contributed by atoms with Gasteiger partial charge in [-0.2, -0.15) is 0 Å². The van der Waals surface area contributed by atoms with Crippen LogP contribution in [-0.4, -0.2) is 16.7 Å². The van der Waals surface area contributed by atoms with Gasteiger partial charge in [0, 0.05) is 11.3 Å². The summed E-state index contributed by atoms with van der Waals surface area (Å²) in [6, 6.07) is 20.1. The first-order valence-corrected chi connectivity index (χ1v) is 9.57. The average molecular weight is 374 g/mol. The highest BCUT2D eigenvalue weighted by molar-refractivity contribution is 6.02. The van der Waals surface area contributed by atoms with Crippen LogP contribution in [0.25, 0.3) is 0 Å². The number of hydrogen-bond acceptors (Lipinski definition) is 2. The van der Waals surface area contributed by atoms with E-state index in [0.29, 0.717) is 16.8 Å². The van der Waals surface area contributed by atoms with Crippen LogP contribution in [-0.2, 0) is 6.42 Å². The van der Waals surface area contributed by atoms with Crippen LogP contribution in [0, 0.1) is 13.8 Å². The van der Waals surface area contributed by atoms with Gasteiger partial charge in [-0.3, -0.25) is 9.59 Å². The van der Waals surface area contributed by atoms with E-state index in [9.17, 15) is 9.59 Å². The summed E-state index contributed by atoms with van der Waals surface area (Å²) in [5.41, 5.74) is 4.81. The zero-order valence-corrected chi connectivity index (χ0v) is 16.6. The standard InChI is InChI=1S/C24H26N2O2/c1-16-22(18(3)27)17(2)25-23(16)24(28)26-21(20-12-8-5-9-13-20)15-14-19-10-6-4-7-11-19/h4-13,21,25H,14-15H2,1-3H3,(H,26,28). The number of nitrogens with one attached hydrogen (secondary N) is 2. The number of amides is 1. The molecule has 0 saturated heterocycles. The molecule has 1 amide bonds. The molecule has 0 aliphatic heterocycles. The molecule has 4 nitrogen and oxygen atoms in total. The van der Waals surface area contributed by atoms with Crippen molar-refractivity contribution >= 4 is 11.7 Å². The van der Waals surface area contributed by atoms with Gasteiger partial charge in [-0.05, 0) is 50.3 Å². The van der Waals surface area contributed by atoms with Crippen LogP contribution >= 0.6 is 0 Å². The number of ketones is 1. The average Bonchev–Trinajstić information content (AvgIpc) is 3.00. The minimum atomic E-state index is -0.185. The first kappa shape index (κ1) is 19.6. The van der Waals surface area contributed by atoms with Crippen molar-refractivity contribution in [2.45, 2.75) is 39.7 Å². The molecule has 28 heavy (non-hydrogen) atoms. The number of aromatic amines is 1. The molecule has 2 aromatic carbocycles. The third-order valence-corrected chi connectivity index (χ3v) is 5.09. The number of carbonyl (C=O) groups excluding carboxylic acids is 2. The molecule has 144 valence electrons. The van der Waals surface area contributed by atoms with E-state index in [1.807, 2.05) is 62.4 Å². The number of carbonyl (C=O) groups is 2. The predicted octanol–water partition coefficient (Wildman–Crippen LogP) is 4.94. The fourth-order valence-electron chi connectivity index (χ4n) is 3.70. The van der Waals surface area contributed by atoms with Crippen molar-refractivity contribution in [3.05, 3.63) is 94.3 Å². The van der Waals surface area contributed by atoms with Crippen LogP contribution in [0.4, 0.5) is 0 Å². The topological polar surface area (TPSA) is 62.0 Å². The molecule has 0 saturated carbocycles. The summed E-state index contributed by atoms with van der Waals surface area (Å²) in [6.07, 6.45) is 1.65. The van der Waals surface area contributed by atoms with Gasteiger partial charge in [-0.15, -0.1) is 0 Å². The maximum Gasteiger partial charge on any atom is 0.268 e. The van der Waals surface area contributed by atoms with Crippen LogP contribution in [0.15, 0.2) is 60.7 Å². The fourth-order valence-corrected chi connectivity index (χ4v) is 3.70. The number of aromatic nitrogens is 1. The van der Waals surface area contributed by atoms with Crippen LogP contribution in [0.2, 0.25) is 0 Å². The highest BCUT2D eigenvalue weighted by Gasteiger charge is 2.22. The molecule has 0 spiro atoms. The Balaban J connectivity index is 1.82. The molecule has 3 aromatic rings. The van der Waals surface area contributed by atoms with Crippen molar-refractivity contribution in [1.29, 1.82) is 0 Å². The van der Waals surface area contributed by atoms with Crippen LogP contribution < -0.4 is 5.32 Å². The lowest BCUT2D eigenvalue weighted by Gasteiger charge is -2.19. The van der Waals surface area contributed by atoms with Gasteiger partial charge >= 0.3 is 0 Å². The number of benzene rings is 2. The first-order valence-electron chi connectivity index (χ1n) is 9.57. The Bertz CT molecular complexity index is 959. The van der Waals surface area contributed by atoms with E-state index in [-0.39, 0.29) is 17.7 Å². The second-order valence-electron chi connectivity index (χ2n) is 7.14. The second-order valence-corrected chi connectivity index (χ2v) is 7.14. The van der Waals surface area contributed by atoms with Gasteiger partial charge < -0.3 is 10.3 Å². The fraction of sp³-hybridized carbons (Fsp3) is 0.250. The lowest BCUT2D eigenvalue weighted by Crippen LogP contribution is -2.29. The zero-order chi connectivity index (χ0) is 20.1. The van der Waals surface area contributed by atoms with Crippen molar-refractivity contribution in [1.82, 2.24) is 10.3 Å². The summed E-state index contributed by atoms with van der Waals surface area (Å²) in [7, 11) is 0. The molecule has 0 aliphatic rings. The summed E-state index contributed by atoms with van der Waals surface area (Å²) < 4.78 is 0. The van der Waals surface area contributed by atoms with Gasteiger partial charge in [0.15, 0.2) is 5.78 Å². The molecule has 1 aromatic heterocycles. The van der Waals surface area contributed by atoms with Crippen molar-refractivity contribution in [2.75, 3.05) is 0 Å². The Morgan fingerprint density at radius 1 is 0.964 bits per heavy atom. The summed E-state index contributed by atoms with van der Waals surface area (Å²) in [5.74, 6) is -0.219. The minimum absolute atomic E-state index is 0.0333. The van der Waals surface area contributed by atoms with Crippen LogP contribution in [0.5, 0.6) is 0 Å². The number of H-pyrrole nitrogens is 1. The summed E-state index contributed by atoms with van der Waals surface area (Å²) in [5, 5.41) is 3.16. The minimum Gasteiger partial charge on any atom is -0.354 e. The Kier molecular flexibility index (Phi) is 6.09. The molecule has 0 fully saturated rings. The highest BCUT2D eigenvalue weighted by Crippen LogP contribution is 2.22. The van der Waals surface area contributed by atoms with E-state index >= 15 is 0 Å². The Hall–Kier alpha value is -3.14. The van der Waals surface area contributed by atoms with E-state index in [1.165, 1.54) is 12.5 Å². The molecule has 1 unspecified atom stereocenters. The molecule has 3 rings (SSSR count). The maximum atomic E-state index is 13.0. The molecule has 2 N–H and O–H groups in total. The van der Waals surface area contributed by atoms with Gasteiger partial charge in [-0.25, -0.2) is 0 Å². The molecule has 4 heteroatoms. The molecule has 0 bridgehead atoms. The Morgan fingerprint density at radius 3 is 2.14 bits per heavy atom. The normalized spacial score (nSPS) is 11.8. The zero-order valence-electron chi connectivity index (χ0n) is 16.6. The summed E-state index contributed by atoms with van der Waals surface area (Å²) in [4.78, 5) is 28.0. The van der Waals surface area contributed by atoms with Crippen molar-refractivity contribution in [3.8, 4) is 0 Å². The van der Waals surface area contributed by atoms with Gasteiger partial charge in [0.05, 0.1) is 6.04 Å². The van der Waals surface area contributed by atoms with Crippen LogP contribution in [0.3, 0.4) is 0 Å². The smallest absolute Gasteiger partial charge is 0.268 e. The quantitative estimate of drug-likeness (QED) is 0.576. The first-order chi connectivity index (χ1) is 13.5. The van der Waals surface area contributed by atoms with Gasteiger partial charge in [0.2, 0.25) is 0 Å². The van der Waals surface area contributed by atoms with Crippen molar-refractivity contribution in [3.63, 3.8) is 0 Å². The third kappa shape index (κ3) is 4.39. The van der Waals surface area contributed by atoms with Crippen LogP contribution in [0.1, 0.15) is 62.6 Å². The maximum absolute atomic E-state index is 13.0. The van der Waals surface area contributed by atoms with Gasteiger partial charge in [0.25, 0.3) is 5.91 Å². The van der Waals surface area contributed by atoms with E-state index in [2.05, 4.69) is 22.4 Å². The summed E-state index contributed by atoms with van der Waals surface area (Å²) >= 11 is 0. The molecule has 0 aliphatic carbocycles. The predicted molar refractivity (Wildman–Crippen MR) is 112 cm³/mol. The van der Waals surface area contributed by atoms with E-state index in [0.717, 1.165) is 24.1 Å². The molecular weight excluding hydrogens is 348 g/mol. The molecule has 1 heterocycles. The van der Waals surface area contributed by atoms with E-state index < -0.39 is 0 Å². The largest absolute Gasteiger partial charge is 0.354 e. The number of rotatable bonds is 7. The SMILES string of the molecule is CC(=O)c1c(C)[nH]c(C(=O)NC(CCc2ccccc2)c2ccccc2)c1C. The molecule has 1 atom stereocenters. The monoisotopic (exact) mass is 374 g/mol. The number of Topliss-reactive ketones (excluding diaryl/α,β-unsaturated/α-hetero) is 1. The van der Waals surface area contributed by atoms with Crippen molar-refractivity contribution < 1.29 is 9.59 Å².